The molecule has 0 unspecified atom stereocenters. The number of ether oxygens (including phenoxy) is 1. The summed E-state index contributed by atoms with van der Waals surface area (Å²) in [6.45, 7) is 1.37. The zero-order chi connectivity index (χ0) is 12.3. The minimum atomic E-state index is -1.05. The third kappa shape index (κ3) is 2.70. The summed E-state index contributed by atoms with van der Waals surface area (Å²) in [6.07, 6.45) is 0.572. The molecular weight excluding hydrogens is 228 g/mol. The highest BCUT2D eigenvalue weighted by atomic mass is 16.5. The highest BCUT2D eigenvalue weighted by molar-refractivity contribution is 5.71. The largest absolute Gasteiger partial charge is 0.479 e. The SMILES string of the molecule is C[C@H](OCc1nc(-c2ccco2)no1)C(=O)O. The van der Waals surface area contributed by atoms with Crippen molar-refractivity contribution in [3.8, 4) is 11.6 Å². The number of aliphatic carboxylic acids is 1. The zero-order valence-electron chi connectivity index (χ0n) is 8.99. The van der Waals surface area contributed by atoms with E-state index in [1.165, 1.54) is 13.2 Å². The second kappa shape index (κ2) is 4.79. The van der Waals surface area contributed by atoms with Gasteiger partial charge >= 0.3 is 5.97 Å². The van der Waals surface area contributed by atoms with Crippen LogP contribution in [0.2, 0.25) is 0 Å². The predicted molar refractivity (Wildman–Crippen MR) is 53.9 cm³/mol. The molecule has 2 aromatic heterocycles. The van der Waals surface area contributed by atoms with E-state index in [9.17, 15) is 4.79 Å². The molecule has 0 fully saturated rings. The number of furan rings is 1. The number of hydrogen-bond acceptors (Lipinski definition) is 6. The summed E-state index contributed by atoms with van der Waals surface area (Å²) in [4.78, 5) is 14.5. The highest BCUT2D eigenvalue weighted by Crippen LogP contribution is 2.16. The number of hydrogen-bond donors (Lipinski definition) is 1. The molecule has 7 nitrogen and oxygen atoms in total. The Morgan fingerprint density at radius 3 is 3.12 bits per heavy atom. The van der Waals surface area contributed by atoms with Crippen molar-refractivity contribution in [2.45, 2.75) is 19.6 Å². The fourth-order valence-electron chi connectivity index (χ4n) is 1.09. The Balaban J connectivity index is 1.97. The first-order valence-electron chi connectivity index (χ1n) is 4.87. The number of carbonyl (C=O) groups is 1. The van der Waals surface area contributed by atoms with Crippen LogP contribution in [0, 0.1) is 0 Å². The molecule has 0 saturated heterocycles. The van der Waals surface area contributed by atoms with E-state index in [0.717, 1.165) is 0 Å². The fraction of sp³-hybridized carbons (Fsp3) is 0.300. The standard InChI is InChI=1S/C10H10N2O5/c1-6(10(13)14)16-5-8-11-9(12-17-8)7-3-2-4-15-7/h2-4,6H,5H2,1H3,(H,13,14)/t6-/m0/s1. The number of nitrogens with zero attached hydrogens (tertiary/aromatic N) is 2. The second-order valence-corrected chi connectivity index (χ2v) is 3.28. The average molecular weight is 238 g/mol. The van der Waals surface area contributed by atoms with Crippen molar-refractivity contribution in [1.29, 1.82) is 0 Å². The number of rotatable bonds is 5. The molecule has 1 atom stereocenters. The summed E-state index contributed by atoms with van der Waals surface area (Å²) in [7, 11) is 0. The molecule has 0 aliphatic heterocycles. The van der Waals surface area contributed by atoms with E-state index in [0.29, 0.717) is 11.6 Å². The zero-order valence-corrected chi connectivity index (χ0v) is 8.99. The molecule has 2 heterocycles. The van der Waals surface area contributed by atoms with Gasteiger partial charge in [-0.15, -0.1) is 0 Å². The van der Waals surface area contributed by atoms with Gasteiger partial charge in [-0.25, -0.2) is 4.79 Å². The highest BCUT2D eigenvalue weighted by Gasteiger charge is 2.15. The molecule has 2 rings (SSSR count). The third-order valence-electron chi connectivity index (χ3n) is 2.01. The lowest BCUT2D eigenvalue weighted by atomic mass is 10.4. The minimum Gasteiger partial charge on any atom is -0.479 e. The first kappa shape index (κ1) is 11.3. The molecule has 17 heavy (non-hydrogen) atoms. The van der Waals surface area contributed by atoms with Crippen LogP contribution in [0.4, 0.5) is 0 Å². The number of carboxylic acid groups (broad SMARTS) is 1. The number of carboxylic acids is 1. The van der Waals surface area contributed by atoms with Crippen LogP contribution >= 0.6 is 0 Å². The molecule has 0 aliphatic rings. The van der Waals surface area contributed by atoms with E-state index in [1.807, 2.05) is 0 Å². The van der Waals surface area contributed by atoms with Crippen LogP contribution < -0.4 is 0 Å². The Morgan fingerprint density at radius 1 is 1.65 bits per heavy atom. The van der Waals surface area contributed by atoms with Gasteiger partial charge in [0.1, 0.15) is 6.61 Å². The van der Waals surface area contributed by atoms with E-state index in [2.05, 4.69) is 10.1 Å². The van der Waals surface area contributed by atoms with Crippen LogP contribution in [0.5, 0.6) is 0 Å². The van der Waals surface area contributed by atoms with Crippen LogP contribution in [0.25, 0.3) is 11.6 Å². The Labute approximate surface area is 96.0 Å². The third-order valence-corrected chi connectivity index (χ3v) is 2.01. The maximum absolute atomic E-state index is 10.5. The lowest BCUT2D eigenvalue weighted by Crippen LogP contribution is -2.19. The van der Waals surface area contributed by atoms with Gasteiger partial charge in [-0.3, -0.25) is 0 Å². The van der Waals surface area contributed by atoms with Gasteiger partial charge in [0.05, 0.1) is 6.26 Å². The molecule has 0 aliphatic carbocycles. The molecule has 0 spiro atoms. The van der Waals surface area contributed by atoms with Gasteiger partial charge in [0.25, 0.3) is 5.89 Å². The van der Waals surface area contributed by atoms with Crippen molar-refractivity contribution in [2.24, 2.45) is 0 Å². The summed E-state index contributed by atoms with van der Waals surface area (Å²) in [5, 5.41) is 12.3. The molecule has 0 bridgehead atoms. The first-order chi connectivity index (χ1) is 8.16. The molecule has 0 aromatic carbocycles. The lowest BCUT2D eigenvalue weighted by Gasteiger charge is -2.04. The van der Waals surface area contributed by atoms with E-state index in [4.69, 9.17) is 18.8 Å². The summed E-state index contributed by atoms with van der Waals surface area (Å²) in [6, 6.07) is 3.39. The van der Waals surface area contributed by atoms with Crippen molar-refractivity contribution in [3.63, 3.8) is 0 Å². The van der Waals surface area contributed by atoms with Gasteiger partial charge in [0, 0.05) is 0 Å². The number of aromatic nitrogens is 2. The van der Waals surface area contributed by atoms with Gasteiger partial charge < -0.3 is 18.8 Å². The monoisotopic (exact) mass is 238 g/mol. The van der Waals surface area contributed by atoms with Gasteiger partial charge in [0.15, 0.2) is 11.9 Å². The minimum absolute atomic E-state index is 0.0544. The molecule has 7 heteroatoms. The van der Waals surface area contributed by atoms with Crippen molar-refractivity contribution < 1.29 is 23.6 Å². The van der Waals surface area contributed by atoms with Gasteiger partial charge in [-0.1, -0.05) is 5.16 Å². The van der Waals surface area contributed by atoms with Crippen LogP contribution in [-0.4, -0.2) is 27.3 Å². The van der Waals surface area contributed by atoms with Crippen molar-refractivity contribution >= 4 is 5.97 Å². The Hall–Kier alpha value is -2.15. The van der Waals surface area contributed by atoms with E-state index < -0.39 is 12.1 Å². The molecule has 1 N–H and O–H groups in total. The molecule has 0 amide bonds. The fourth-order valence-corrected chi connectivity index (χ4v) is 1.09. The van der Waals surface area contributed by atoms with E-state index >= 15 is 0 Å². The molecule has 2 aromatic rings. The average Bonchev–Trinajstić information content (AvgIpc) is 2.95. The van der Waals surface area contributed by atoms with Crippen LogP contribution in [0.15, 0.2) is 27.3 Å². The van der Waals surface area contributed by atoms with Crippen molar-refractivity contribution in [1.82, 2.24) is 10.1 Å². The predicted octanol–water partition coefficient (Wildman–Crippen LogP) is 1.32. The van der Waals surface area contributed by atoms with Gasteiger partial charge in [-0.05, 0) is 19.1 Å². The molecule has 0 saturated carbocycles. The summed E-state index contributed by atoms with van der Waals surface area (Å²) in [5.74, 6) is -0.0665. The Kier molecular flexibility index (Phi) is 3.20. The Bertz CT molecular complexity index is 491. The molecule has 90 valence electrons. The summed E-state index contributed by atoms with van der Waals surface area (Å²) >= 11 is 0. The van der Waals surface area contributed by atoms with Gasteiger partial charge in [0.2, 0.25) is 5.82 Å². The van der Waals surface area contributed by atoms with E-state index in [1.54, 1.807) is 12.1 Å². The topological polar surface area (TPSA) is 98.6 Å². The smallest absolute Gasteiger partial charge is 0.332 e. The summed E-state index contributed by atoms with van der Waals surface area (Å²) < 4.78 is 15.0. The Morgan fingerprint density at radius 2 is 2.47 bits per heavy atom. The molecule has 0 radical (unpaired) electrons. The quantitative estimate of drug-likeness (QED) is 0.838. The maximum Gasteiger partial charge on any atom is 0.332 e. The van der Waals surface area contributed by atoms with Crippen molar-refractivity contribution in [2.75, 3.05) is 0 Å². The first-order valence-corrected chi connectivity index (χ1v) is 4.87. The van der Waals surface area contributed by atoms with E-state index in [-0.39, 0.29) is 12.5 Å². The molecular formula is C10H10N2O5. The summed E-state index contributed by atoms with van der Waals surface area (Å²) in [5.41, 5.74) is 0. The van der Waals surface area contributed by atoms with Crippen LogP contribution in [0.3, 0.4) is 0 Å². The van der Waals surface area contributed by atoms with Crippen LogP contribution in [0.1, 0.15) is 12.8 Å². The van der Waals surface area contributed by atoms with Crippen LogP contribution in [-0.2, 0) is 16.1 Å². The maximum atomic E-state index is 10.5. The second-order valence-electron chi connectivity index (χ2n) is 3.28. The lowest BCUT2D eigenvalue weighted by molar-refractivity contribution is -0.150. The normalized spacial score (nSPS) is 12.5. The van der Waals surface area contributed by atoms with Gasteiger partial charge in [-0.2, -0.15) is 4.98 Å². The van der Waals surface area contributed by atoms with Crippen molar-refractivity contribution in [3.05, 3.63) is 24.3 Å².